The minimum Gasteiger partial charge on any atom is -0.345 e. The van der Waals surface area contributed by atoms with Crippen LogP contribution in [0.4, 0.5) is 8.78 Å². The van der Waals surface area contributed by atoms with E-state index in [0.717, 1.165) is 28.8 Å². The minimum atomic E-state index is -1.26. The lowest BCUT2D eigenvalue weighted by Crippen LogP contribution is -2.31. The van der Waals surface area contributed by atoms with Crippen LogP contribution in [0.5, 0.6) is 0 Å². The number of fused-ring (bicyclic) bond motifs is 1. The van der Waals surface area contributed by atoms with Crippen molar-refractivity contribution in [3.63, 3.8) is 0 Å². The highest BCUT2D eigenvalue weighted by molar-refractivity contribution is 7.99. The predicted molar refractivity (Wildman–Crippen MR) is 76.1 cm³/mol. The molecule has 1 aliphatic heterocycles. The number of nitrogens with one attached hydrogen (secondary N) is 1. The fourth-order valence-corrected chi connectivity index (χ4v) is 3.45. The fourth-order valence-electron chi connectivity index (χ4n) is 2.32. The molecule has 1 amide bonds. The van der Waals surface area contributed by atoms with Crippen LogP contribution in [-0.2, 0) is 0 Å². The molecule has 1 N–H and O–H groups in total. The monoisotopic (exact) mass is 306 g/mol. The zero-order valence-electron chi connectivity index (χ0n) is 11.0. The molecular weight excluding hydrogens is 294 g/mol. The van der Waals surface area contributed by atoms with Crippen molar-refractivity contribution in [3.8, 4) is 0 Å². The zero-order chi connectivity index (χ0) is 14.8. The molecule has 0 saturated carbocycles. The molecule has 3 nitrogen and oxygen atoms in total. The number of benzene rings is 1. The Hall–Kier alpha value is -1.95. The Kier molecular flexibility index (Phi) is 3.88. The molecule has 1 aromatic carbocycles. The molecule has 21 heavy (non-hydrogen) atoms. The van der Waals surface area contributed by atoms with Gasteiger partial charge in [0, 0.05) is 16.8 Å². The van der Waals surface area contributed by atoms with Gasteiger partial charge >= 0.3 is 0 Å². The smallest absolute Gasteiger partial charge is 0.254 e. The lowest BCUT2D eigenvalue weighted by Gasteiger charge is -2.25. The van der Waals surface area contributed by atoms with Gasteiger partial charge in [-0.1, -0.05) is 18.2 Å². The van der Waals surface area contributed by atoms with Crippen molar-refractivity contribution in [1.29, 1.82) is 0 Å². The Morgan fingerprint density at radius 1 is 1.29 bits per heavy atom. The van der Waals surface area contributed by atoms with Crippen LogP contribution in [0.25, 0.3) is 0 Å². The van der Waals surface area contributed by atoms with E-state index in [1.54, 1.807) is 11.8 Å². The van der Waals surface area contributed by atoms with Gasteiger partial charge in [-0.3, -0.25) is 4.79 Å². The largest absolute Gasteiger partial charge is 0.345 e. The molecule has 0 spiro atoms. The predicted octanol–water partition coefficient (Wildman–Crippen LogP) is 3.33. The highest BCUT2D eigenvalue weighted by atomic mass is 32.2. The molecular formula is C15H12F2N2OS. The molecule has 6 heteroatoms. The summed E-state index contributed by atoms with van der Waals surface area (Å²) in [5.74, 6) is -2.23. The first-order valence-electron chi connectivity index (χ1n) is 6.49. The van der Waals surface area contributed by atoms with Crippen molar-refractivity contribution in [2.24, 2.45) is 0 Å². The summed E-state index contributed by atoms with van der Waals surface area (Å²) in [6.07, 6.45) is 1.83. The molecule has 2 aromatic rings. The van der Waals surface area contributed by atoms with E-state index in [1.165, 1.54) is 6.07 Å². The van der Waals surface area contributed by atoms with Gasteiger partial charge in [-0.25, -0.2) is 9.37 Å². The summed E-state index contributed by atoms with van der Waals surface area (Å²) in [7, 11) is 0. The molecule has 1 unspecified atom stereocenters. The van der Waals surface area contributed by atoms with Gasteiger partial charge in [-0.2, -0.15) is 4.39 Å². The summed E-state index contributed by atoms with van der Waals surface area (Å²) < 4.78 is 26.7. The number of thioether (sulfide) groups is 1. The van der Waals surface area contributed by atoms with E-state index in [0.29, 0.717) is 0 Å². The highest BCUT2D eigenvalue weighted by Crippen LogP contribution is 2.35. The third-order valence-corrected chi connectivity index (χ3v) is 4.48. The van der Waals surface area contributed by atoms with Gasteiger partial charge in [-0.05, 0) is 24.1 Å². The molecule has 3 rings (SSSR count). The summed E-state index contributed by atoms with van der Waals surface area (Å²) in [5, 5.41) is 2.77. The molecule has 1 atom stereocenters. The number of carbonyl (C=O) groups excluding carboxylic acids is 1. The number of carbonyl (C=O) groups is 1. The zero-order valence-corrected chi connectivity index (χ0v) is 11.8. The number of amides is 1. The number of nitrogens with zero attached hydrogens (tertiary/aromatic N) is 1. The molecule has 0 aliphatic carbocycles. The lowest BCUT2D eigenvalue weighted by molar-refractivity contribution is 0.0929. The molecule has 0 saturated heterocycles. The molecule has 2 heterocycles. The van der Waals surface area contributed by atoms with Crippen LogP contribution in [0.15, 0.2) is 41.4 Å². The summed E-state index contributed by atoms with van der Waals surface area (Å²) in [6, 6.07) is 8.76. The highest BCUT2D eigenvalue weighted by Gasteiger charge is 2.24. The third-order valence-electron chi connectivity index (χ3n) is 3.36. The molecule has 0 bridgehead atoms. The van der Waals surface area contributed by atoms with Crippen LogP contribution in [-0.4, -0.2) is 16.6 Å². The second-order valence-electron chi connectivity index (χ2n) is 4.66. The molecule has 1 aliphatic rings. The summed E-state index contributed by atoms with van der Waals surface area (Å²) >= 11 is 1.73. The SMILES string of the molecule is O=C(NC1CCSc2ccccc21)c1ccnc(F)c1F. The second kappa shape index (κ2) is 5.81. The average Bonchev–Trinajstić information content (AvgIpc) is 2.50. The van der Waals surface area contributed by atoms with E-state index in [9.17, 15) is 13.6 Å². The maximum Gasteiger partial charge on any atom is 0.254 e. The Balaban J connectivity index is 1.85. The maximum absolute atomic E-state index is 13.6. The number of rotatable bonds is 2. The van der Waals surface area contributed by atoms with E-state index >= 15 is 0 Å². The Labute approximate surface area is 124 Å². The van der Waals surface area contributed by atoms with Crippen molar-refractivity contribution in [2.75, 3.05) is 5.75 Å². The Morgan fingerprint density at radius 2 is 2.10 bits per heavy atom. The van der Waals surface area contributed by atoms with Crippen LogP contribution >= 0.6 is 11.8 Å². The van der Waals surface area contributed by atoms with Crippen LogP contribution in [0, 0.1) is 11.8 Å². The van der Waals surface area contributed by atoms with Crippen LogP contribution in [0.1, 0.15) is 28.4 Å². The van der Waals surface area contributed by atoms with Crippen molar-refractivity contribution in [3.05, 3.63) is 59.4 Å². The third kappa shape index (κ3) is 2.76. The maximum atomic E-state index is 13.6. The Bertz CT molecular complexity index is 693. The van der Waals surface area contributed by atoms with E-state index in [2.05, 4.69) is 10.3 Å². The van der Waals surface area contributed by atoms with E-state index in [4.69, 9.17) is 0 Å². The van der Waals surface area contributed by atoms with E-state index in [-0.39, 0.29) is 11.6 Å². The van der Waals surface area contributed by atoms with E-state index in [1.807, 2.05) is 24.3 Å². The first kappa shape index (κ1) is 14.0. The van der Waals surface area contributed by atoms with Gasteiger partial charge in [0.05, 0.1) is 11.6 Å². The van der Waals surface area contributed by atoms with Crippen LogP contribution in [0.3, 0.4) is 0 Å². The van der Waals surface area contributed by atoms with Gasteiger partial charge in [0.25, 0.3) is 5.91 Å². The summed E-state index contributed by atoms with van der Waals surface area (Å²) in [4.78, 5) is 16.4. The second-order valence-corrected chi connectivity index (χ2v) is 5.80. The standard InChI is InChI=1S/C15H12F2N2OS/c16-13-10(5-7-18-14(13)17)15(20)19-11-6-8-21-12-4-2-1-3-9(11)12/h1-5,7,11H,6,8H2,(H,19,20). The van der Waals surface area contributed by atoms with Crippen LogP contribution < -0.4 is 5.32 Å². The van der Waals surface area contributed by atoms with Crippen molar-refractivity contribution in [2.45, 2.75) is 17.4 Å². The first-order valence-corrected chi connectivity index (χ1v) is 7.48. The van der Waals surface area contributed by atoms with Crippen molar-refractivity contribution < 1.29 is 13.6 Å². The fraction of sp³-hybridized carbons (Fsp3) is 0.200. The van der Waals surface area contributed by atoms with E-state index < -0.39 is 17.7 Å². The molecule has 108 valence electrons. The number of halogens is 2. The summed E-state index contributed by atoms with van der Waals surface area (Å²) in [6.45, 7) is 0. The number of pyridine rings is 1. The van der Waals surface area contributed by atoms with Crippen molar-refractivity contribution in [1.82, 2.24) is 10.3 Å². The number of hydrogen-bond donors (Lipinski definition) is 1. The lowest BCUT2D eigenvalue weighted by atomic mass is 10.0. The molecule has 0 radical (unpaired) electrons. The quantitative estimate of drug-likeness (QED) is 0.865. The van der Waals surface area contributed by atoms with Crippen LogP contribution in [0.2, 0.25) is 0 Å². The molecule has 1 aromatic heterocycles. The summed E-state index contributed by atoms with van der Waals surface area (Å²) in [5.41, 5.74) is 0.690. The van der Waals surface area contributed by atoms with Gasteiger partial charge in [0.2, 0.25) is 5.95 Å². The van der Waals surface area contributed by atoms with Gasteiger partial charge in [0.1, 0.15) is 0 Å². The van der Waals surface area contributed by atoms with Gasteiger partial charge in [-0.15, -0.1) is 11.8 Å². The molecule has 0 fully saturated rings. The minimum absolute atomic E-state index is 0.189. The van der Waals surface area contributed by atoms with Gasteiger partial charge in [0.15, 0.2) is 5.82 Å². The van der Waals surface area contributed by atoms with Gasteiger partial charge < -0.3 is 5.32 Å². The first-order chi connectivity index (χ1) is 10.2. The number of hydrogen-bond acceptors (Lipinski definition) is 3. The Morgan fingerprint density at radius 3 is 2.95 bits per heavy atom. The average molecular weight is 306 g/mol. The normalized spacial score (nSPS) is 17.1. The topological polar surface area (TPSA) is 42.0 Å². The number of aromatic nitrogens is 1. The van der Waals surface area contributed by atoms with Crippen molar-refractivity contribution >= 4 is 17.7 Å².